The van der Waals surface area contributed by atoms with Gasteiger partial charge < -0.3 is 4.57 Å². The average molecular weight is 391 g/mol. The van der Waals surface area contributed by atoms with Crippen LogP contribution in [0.5, 0.6) is 0 Å². The molecule has 1 heterocycles. The maximum Gasteiger partial charge on any atom is 0.252 e. The number of unbranched alkanes of at least 4 members (excludes halogenated alkanes) is 1. The second kappa shape index (κ2) is 9.03. The minimum Gasteiger partial charge on any atom is -0.305 e. The van der Waals surface area contributed by atoms with Gasteiger partial charge in [-0.25, -0.2) is 0 Å². The lowest BCUT2D eigenvalue weighted by Crippen LogP contribution is -2.17. The Morgan fingerprint density at radius 1 is 1.21 bits per heavy atom. The Morgan fingerprint density at radius 3 is 2.75 bits per heavy atom. The van der Waals surface area contributed by atoms with Crippen LogP contribution in [0.1, 0.15) is 42.0 Å². The van der Waals surface area contributed by atoms with Crippen LogP contribution in [0.15, 0.2) is 41.4 Å². The number of fused-ring (bicyclic) bond motifs is 1. The smallest absolute Gasteiger partial charge is 0.252 e. The molecule has 0 aliphatic rings. The molecule has 0 spiro atoms. The number of aryl methyl sites for hydroxylation is 3. The van der Waals surface area contributed by atoms with Gasteiger partial charge in [-0.2, -0.15) is 4.99 Å². The molecular weight excluding hydrogens is 364 g/mol. The Bertz CT molecular complexity index is 1110. The summed E-state index contributed by atoms with van der Waals surface area (Å²) in [5, 5.41) is 0. The third kappa shape index (κ3) is 4.61. The van der Waals surface area contributed by atoms with Gasteiger partial charge in [-0.1, -0.05) is 60.4 Å². The van der Waals surface area contributed by atoms with E-state index in [1.165, 1.54) is 35.3 Å². The monoisotopic (exact) mass is 390 g/mol. The van der Waals surface area contributed by atoms with Crippen molar-refractivity contribution in [2.24, 2.45) is 4.99 Å². The van der Waals surface area contributed by atoms with Crippen molar-refractivity contribution in [2.45, 2.75) is 53.0 Å². The highest BCUT2D eigenvalue weighted by Crippen LogP contribution is 2.20. The first kappa shape index (κ1) is 20.1. The first-order valence-corrected chi connectivity index (χ1v) is 10.5. The van der Waals surface area contributed by atoms with Gasteiger partial charge in [-0.3, -0.25) is 4.79 Å². The standard InChI is InChI=1S/C24H26N2OS/c1-5-7-8-19-10-12-21-22(15-19)28-24(26(21)13-6-2)25-23(27)16-20-11-9-17(3)14-18(20)4/h2,9-12,14-15H,5,7-8,13,16H2,1,3-4H3. The quantitative estimate of drug-likeness (QED) is 0.548. The molecule has 0 radical (unpaired) electrons. The maximum atomic E-state index is 12.6. The molecule has 0 unspecified atom stereocenters. The van der Waals surface area contributed by atoms with Crippen LogP contribution in [0.2, 0.25) is 0 Å². The van der Waals surface area contributed by atoms with Crippen LogP contribution in [0, 0.1) is 26.2 Å². The van der Waals surface area contributed by atoms with Crippen molar-refractivity contribution in [2.75, 3.05) is 0 Å². The van der Waals surface area contributed by atoms with Crippen LogP contribution in [0.4, 0.5) is 0 Å². The van der Waals surface area contributed by atoms with E-state index in [4.69, 9.17) is 6.42 Å². The van der Waals surface area contributed by atoms with E-state index >= 15 is 0 Å². The molecule has 3 rings (SSSR count). The lowest BCUT2D eigenvalue weighted by molar-refractivity contribution is -0.117. The molecule has 2 aromatic carbocycles. The molecule has 0 aliphatic heterocycles. The fourth-order valence-corrected chi connectivity index (χ4v) is 4.45. The van der Waals surface area contributed by atoms with Crippen LogP contribution in [0.3, 0.4) is 0 Å². The summed E-state index contributed by atoms with van der Waals surface area (Å²) in [6, 6.07) is 12.6. The van der Waals surface area contributed by atoms with Crippen molar-refractivity contribution in [1.82, 2.24) is 4.57 Å². The number of nitrogens with zero attached hydrogens (tertiary/aromatic N) is 2. The first-order valence-electron chi connectivity index (χ1n) is 9.71. The highest BCUT2D eigenvalue weighted by atomic mass is 32.1. The average Bonchev–Trinajstić information content (AvgIpc) is 2.99. The van der Waals surface area contributed by atoms with Gasteiger partial charge in [-0.05, 0) is 55.5 Å². The van der Waals surface area contributed by atoms with Gasteiger partial charge in [0.05, 0.1) is 23.2 Å². The third-order valence-corrected chi connectivity index (χ3v) is 5.92. The highest BCUT2D eigenvalue weighted by Gasteiger charge is 2.10. The van der Waals surface area contributed by atoms with Gasteiger partial charge in [0.15, 0.2) is 4.80 Å². The minimum atomic E-state index is -0.143. The number of rotatable bonds is 6. The molecule has 0 N–H and O–H groups in total. The minimum absolute atomic E-state index is 0.143. The molecule has 3 nitrogen and oxygen atoms in total. The van der Waals surface area contributed by atoms with Crippen LogP contribution in [-0.4, -0.2) is 10.5 Å². The molecule has 1 amide bonds. The Morgan fingerprint density at radius 2 is 2.04 bits per heavy atom. The zero-order chi connectivity index (χ0) is 20.1. The molecular formula is C24H26N2OS. The Balaban J connectivity index is 1.96. The van der Waals surface area contributed by atoms with E-state index < -0.39 is 0 Å². The molecule has 0 fully saturated rings. The Hall–Kier alpha value is -2.64. The molecule has 0 bridgehead atoms. The number of hydrogen-bond acceptors (Lipinski definition) is 2. The Kier molecular flexibility index (Phi) is 6.49. The fraction of sp³-hybridized carbons (Fsp3) is 0.333. The van der Waals surface area contributed by atoms with Crippen LogP contribution in [0.25, 0.3) is 10.2 Å². The summed E-state index contributed by atoms with van der Waals surface area (Å²) in [5.74, 6) is 2.55. The highest BCUT2D eigenvalue weighted by molar-refractivity contribution is 7.16. The van der Waals surface area contributed by atoms with Gasteiger partial charge in [0.1, 0.15) is 0 Å². The number of benzene rings is 2. The van der Waals surface area contributed by atoms with Crippen molar-refractivity contribution in [3.63, 3.8) is 0 Å². The third-order valence-electron chi connectivity index (χ3n) is 4.88. The summed E-state index contributed by atoms with van der Waals surface area (Å²) in [5.41, 5.74) is 5.70. The number of carbonyl (C=O) groups is 1. The van der Waals surface area contributed by atoms with E-state index in [1.54, 1.807) is 0 Å². The van der Waals surface area contributed by atoms with Crippen molar-refractivity contribution in [1.29, 1.82) is 0 Å². The SMILES string of the molecule is C#CCn1c(=NC(=O)Cc2ccc(C)cc2C)sc2cc(CCCC)ccc21. The summed E-state index contributed by atoms with van der Waals surface area (Å²) < 4.78 is 3.09. The number of terminal acetylenes is 1. The number of hydrogen-bond donors (Lipinski definition) is 0. The van der Waals surface area contributed by atoms with E-state index in [0.717, 1.165) is 27.8 Å². The molecule has 3 aromatic rings. The molecule has 28 heavy (non-hydrogen) atoms. The lowest BCUT2D eigenvalue weighted by atomic mass is 10.0. The predicted molar refractivity (Wildman–Crippen MR) is 117 cm³/mol. The molecule has 4 heteroatoms. The van der Waals surface area contributed by atoms with Gasteiger partial charge >= 0.3 is 0 Å². The van der Waals surface area contributed by atoms with Gasteiger partial charge in [0.2, 0.25) is 0 Å². The predicted octanol–water partition coefficient (Wildman–Crippen LogP) is 4.97. The lowest BCUT2D eigenvalue weighted by Gasteiger charge is -2.04. The van der Waals surface area contributed by atoms with E-state index in [1.807, 2.05) is 23.6 Å². The second-order valence-electron chi connectivity index (χ2n) is 7.19. The normalized spacial score (nSPS) is 11.7. The summed E-state index contributed by atoms with van der Waals surface area (Å²) in [4.78, 5) is 17.7. The van der Waals surface area contributed by atoms with Crippen molar-refractivity contribution in [3.8, 4) is 12.3 Å². The topological polar surface area (TPSA) is 34.4 Å². The number of thiazole rings is 1. The Labute approximate surface area is 170 Å². The summed E-state index contributed by atoms with van der Waals surface area (Å²) >= 11 is 1.54. The van der Waals surface area contributed by atoms with Crippen LogP contribution < -0.4 is 4.80 Å². The van der Waals surface area contributed by atoms with Crippen LogP contribution >= 0.6 is 11.3 Å². The molecule has 0 saturated carbocycles. The number of amides is 1. The number of aromatic nitrogens is 1. The zero-order valence-electron chi connectivity index (χ0n) is 16.8. The van der Waals surface area contributed by atoms with Gasteiger partial charge in [0, 0.05) is 0 Å². The molecule has 0 atom stereocenters. The molecule has 0 saturated heterocycles. The van der Waals surface area contributed by atoms with Gasteiger partial charge in [0.25, 0.3) is 5.91 Å². The summed E-state index contributed by atoms with van der Waals surface area (Å²) in [6.45, 7) is 6.69. The van der Waals surface area contributed by atoms with E-state index in [-0.39, 0.29) is 5.91 Å². The fourth-order valence-electron chi connectivity index (χ4n) is 3.34. The molecule has 1 aromatic heterocycles. The second-order valence-corrected chi connectivity index (χ2v) is 8.20. The summed E-state index contributed by atoms with van der Waals surface area (Å²) in [7, 11) is 0. The van der Waals surface area contributed by atoms with Gasteiger partial charge in [-0.15, -0.1) is 6.42 Å². The molecule has 0 aliphatic carbocycles. The molecule has 144 valence electrons. The van der Waals surface area contributed by atoms with E-state index in [0.29, 0.717) is 17.8 Å². The zero-order valence-corrected chi connectivity index (χ0v) is 17.6. The van der Waals surface area contributed by atoms with Crippen LogP contribution in [-0.2, 0) is 24.2 Å². The van der Waals surface area contributed by atoms with Crippen molar-refractivity contribution >= 4 is 27.5 Å². The first-order chi connectivity index (χ1) is 13.5. The van der Waals surface area contributed by atoms with Crippen molar-refractivity contribution < 1.29 is 4.79 Å². The largest absolute Gasteiger partial charge is 0.305 e. The van der Waals surface area contributed by atoms with E-state index in [9.17, 15) is 4.79 Å². The maximum absolute atomic E-state index is 12.6. The summed E-state index contributed by atoms with van der Waals surface area (Å²) in [6.07, 6.45) is 9.29. The van der Waals surface area contributed by atoms with Crippen molar-refractivity contribution in [3.05, 3.63) is 63.5 Å². The van der Waals surface area contributed by atoms with E-state index in [2.05, 4.69) is 49.0 Å². The number of carbonyl (C=O) groups excluding carboxylic acids is 1.